The van der Waals surface area contributed by atoms with Crippen LogP contribution in [0.4, 0.5) is 0 Å². The molecule has 0 aliphatic heterocycles. The summed E-state index contributed by atoms with van der Waals surface area (Å²) in [6.45, 7) is 6.85. The first-order chi connectivity index (χ1) is 8.49. The van der Waals surface area contributed by atoms with Crippen LogP contribution in [0.15, 0.2) is 6.20 Å². The third-order valence-corrected chi connectivity index (χ3v) is 3.14. The van der Waals surface area contributed by atoms with Crippen molar-refractivity contribution in [2.45, 2.75) is 45.4 Å². The lowest BCUT2D eigenvalue weighted by atomic mass is 9.96. The van der Waals surface area contributed by atoms with Crippen molar-refractivity contribution in [1.29, 1.82) is 0 Å². The van der Waals surface area contributed by atoms with Crippen molar-refractivity contribution in [3.05, 3.63) is 11.9 Å². The molecule has 0 bridgehead atoms. The number of ether oxygens (including phenoxy) is 2. The largest absolute Gasteiger partial charge is 0.493 e. The summed E-state index contributed by atoms with van der Waals surface area (Å²) in [5.41, 5.74) is 3.50. The normalized spacial score (nSPS) is 13.7. The second kappa shape index (κ2) is 6.17. The van der Waals surface area contributed by atoms with Gasteiger partial charge in [0.15, 0.2) is 5.75 Å². The van der Waals surface area contributed by atoms with E-state index >= 15 is 0 Å². The number of aromatic nitrogens is 2. The molecule has 6 nitrogen and oxygen atoms in total. The van der Waals surface area contributed by atoms with E-state index in [2.05, 4.69) is 10.5 Å². The Balaban J connectivity index is 3.04. The smallest absolute Gasteiger partial charge is 0.161 e. The van der Waals surface area contributed by atoms with E-state index in [1.807, 2.05) is 25.5 Å². The van der Waals surface area contributed by atoms with Crippen molar-refractivity contribution in [2.24, 2.45) is 5.84 Å². The highest BCUT2D eigenvalue weighted by atomic mass is 16.5. The van der Waals surface area contributed by atoms with E-state index in [4.69, 9.17) is 15.3 Å². The van der Waals surface area contributed by atoms with Gasteiger partial charge in [-0.1, -0.05) is 0 Å². The van der Waals surface area contributed by atoms with Crippen molar-refractivity contribution in [1.82, 2.24) is 15.2 Å². The topological polar surface area (TPSA) is 74.3 Å². The van der Waals surface area contributed by atoms with Crippen LogP contribution in [0.1, 0.15) is 38.9 Å². The highest BCUT2D eigenvalue weighted by Crippen LogP contribution is 2.31. The summed E-state index contributed by atoms with van der Waals surface area (Å²) < 4.78 is 12.7. The van der Waals surface area contributed by atoms with Crippen LogP contribution >= 0.6 is 0 Å². The van der Waals surface area contributed by atoms with Gasteiger partial charge in [0.25, 0.3) is 0 Å². The van der Waals surface area contributed by atoms with Crippen LogP contribution in [0.5, 0.6) is 5.75 Å². The zero-order valence-electron chi connectivity index (χ0n) is 11.9. The number of hydrazine groups is 1. The van der Waals surface area contributed by atoms with Gasteiger partial charge in [0.2, 0.25) is 0 Å². The van der Waals surface area contributed by atoms with E-state index in [1.54, 1.807) is 20.4 Å². The van der Waals surface area contributed by atoms with Gasteiger partial charge in [0, 0.05) is 13.7 Å². The summed E-state index contributed by atoms with van der Waals surface area (Å²) in [5, 5.41) is 4.29. The molecule has 1 aromatic rings. The molecule has 0 fully saturated rings. The molecule has 0 amide bonds. The van der Waals surface area contributed by atoms with Gasteiger partial charge in [0.1, 0.15) is 0 Å². The van der Waals surface area contributed by atoms with Gasteiger partial charge < -0.3 is 9.47 Å². The molecule has 1 unspecified atom stereocenters. The maximum absolute atomic E-state index is 5.67. The Hall–Kier alpha value is -1.11. The zero-order chi connectivity index (χ0) is 13.8. The molecule has 1 heterocycles. The van der Waals surface area contributed by atoms with E-state index < -0.39 is 0 Å². The molecule has 0 saturated carbocycles. The minimum absolute atomic E-state index is 0.0719. The van der Waals surface area contributed by atoms with Crippen LogP contribution in [0, 0.1) is 0 Å². The second-order valence-corrected chi connectivity index (χ2v) is 4.80. The Labute approximate surface area is 108 Å². The van der Waals surface area contributed by atoms with Crippen LogP contribution in [0.2, 0.25) is 0 Å². The lowest BCUT2D eigenvalue weighted by Crippen LogP contribution is -2.36. The molecule has 1 aromatic heterocycles. The summed E-state index contributed by atoms with van der Waals surface area (Å²) >= 11 is 0. The Bertz CT molecular complexity index is 355. The first-order valence-corrected chi connectivity index (χ1v) is 6.10. The molecular weight excluding hydrogens is 232 g/mol. The van der Waals surface area contributed by atoms with Gasteiger partial charge in [0.05, 0.1) is 30.6 Å². The van der Waals surface area contributed by atoms with E-state index in [0.29, 0.717) is 0 Å². The fourth-order valence-corrected chi connectivity index (χ4v) is 1.95. The number of nitrogens with two attached hydrogens (primary N) is 1. The highest BCUT2D eigenvalue weighted by Gasteiger charge is 2.28. The summed E-state index contributed by atoms with van der Waals surface area (Å²) in [6, 6.07) is -0.0719. The number of hydrogen-bond donors (Lipinski definition) is 2. The van der Waals surface area contributed by atoms with Crippen molar-refractivity contribution in [2.75, 3.05) is 14.2 Å². The quantitative estimate of drug-likeness (QED) is 0.567. The van der Waals surface area contributed by atoms with Crippen LogP contribution in [0.25, 0.3) is 0 Å². The maximum Gasteiger partial charge on any atom is 0.161 e. The van der Waals surface area contributed by atoms with Crippen molar-refractivity contribution in [3.8, 4) is 5.75 Å². The van der Waals surface area contributed by atoms with E-state index in [1.165, 1.54) is 0 Å². The van der Waals surface area contributed by atoms with Crippen molar-refractivity contribution >= 4 is 0 Å². The number of rotatable bonds is 7. The first-order valence-electron chi connectivity index (χ1n) is 6.10. The summed E-state index contributed by atoms with van der Waals surface area (Å²) in [4.78, 5) is 0. The van der Waals surface area contributed by atoms with Gasteiger partial charge in [-0.15, -0.1) is 0 Å². The van der Waals surface area contributed by atoms with Gasteiger partial charge in [-0.3, -0.25) is 16.0 Å². The summed E-state index contributed by atoms with van der Waals surface area (Å²) in [6.07, 6.45) is 2.44. The fourth-order valence-electron chi connectivity index (χ4n) is 1.95. The summed E-state index contributed by atoms with van der Waals surface area (Å²) in [7, 11) is 3.33. The predicted molar refractivity (Wildman–Crippen MR) is 70.2 cm³/mol. The molecule has 0 radical (unpaired) electrons. The molecule has 0 aliphatic rings. The third-order valence-electron chi connectivity index (χ3n) is 3.14. The average Bonchev–Trinajstić information content (AvgIpc) is 2.78. The number of aryl methyl sites for hydroxylation is 1. The molecular formula is C12H24N4O2. The van der Waals surface area contributed by atoms with E-state index in [0.717, 1.165) is 24.4 Å². The number of nitrogens with one attached hydrogen (secondary N) is 1. The van der Waals surface area contributed by atoms with Crippen LogP contribution in [0.3, 0.4) is 0 Å². The third kappa shape index (κ3) is 3.22. The Morgan fingerprint density at radius 1 is 1.50 bits per heavy atom. The molecule has 104 valence electrons. The minimum atomic E-state index is -0.273. The fraction of sp³-hybridized carbons (Fsp3) is 0.750. The molecule has 3 N–H and O–H groups in total. The highest BCUT2D eigenvalue weighted by molar-refractivity contribution is 5.28. The van der Waals surface area contributed by atoms with Crippen LogP contribution < -0.4 is 16.0 Å². The number of nitrogens with zero attached hydrogens (tertiary/aromatic N) is 2. The first kappa shape index (κ1) is 14.9. The maximum atomic E-state index is 5.67. The molecule has 1 atom stereocenters. The lowest BCUT2D eigenvalue weighted by molar-refractivity contribution is 0.00592. The Morgan fingerprint density at radius 2 is 2.17 bits per heavy atom. The molecule has 0 spiro atoms. The lowest BCUT2D eigenvalue weighted by Gasteiger charge is -2.28. The van der Waals surface area contributed by atoms with Crippen LogP contribution in [-0.4, -0.2) is 29.6 Å². The monoisotopic (exact) mass is 256 g/mol. The summed E-state index contributed by atoms with van der Waals surface area (Å²) in [5.74, 6) is 6.41. The van der Waals surface area contributed by atoms with Gasteiger partial charge >= 0.3 is 0 Å². The van der Waals surface area contributed by atoms with Crippen LogP contribution in [-0.2, 0) is 11.3 Å². The number of methoxy groups -OCH3 is 2. The number of hydrogen-bond acceptors (Lipinski definition) is 5. The molecule has 1 rings (SSSR count). The minimum Gasteiger partial charge on any atom is -0.493 e. The molecule has 0 aromatic carbocycles. The standard InChI is InChI=1S/C12H24N4O2/c1-6-16-11(10(17-4)8-14-16)9(15-13)7-12(2,3)18-5/h8-9,15H,6-7,13H2,1-5H3. The zero-order valence-corrected chi connectivity index (χ0v) is 11.9. The molecule has 18 heavy (non-hydrogen) atoms. The van der Waals surface area contributed by atoms with Gasteiger partial charge in [-0.2, -0.15) is 5.10 Å². The molecule has 0 saturated heterocycles. The Kier molecular flexibility index (Phi) is 5.13. The van der Waals surface area contributed by atoms with Gasteiger partial charge in [-0.25, -0.2) is 0 Å². The molecule has 0 aliphatic carbocycles. The average molecular weight is 256 g/mol. The van der Waals surface area contributed by atoms with E-state index in [9.17, 15) is 0 Å². The Morgan fingerprint density at radius 3 is 2.61 bits per heavy atom. The van der Waals surface area contributed by atoms with Crippen molar-refractivity contribution in [3.63, 3.8) is 0 Å². The van der Waals surface area contributed by atoms with E-state index in [-0.39, 0.29) is 11.6 Å². The van der Waals surface area contributed by atoms with Crippen molar-refractivity contribution < 1.29 is 9.47 Å². The second-order valence-electron chi connectivity index (χ2n) is 4.80. The molecule has 6 heteroatoms. The predicted octanol–water partition coefficient (Wildman–Crippen LogP) is 1.23. The SMILES string of the molecule is CCn1ncc(OC)c1C(CC(C)(C)OC)NN. The van der Waals surface area contributed by atoms with Gasteiger partial charge in [-0.05, 0) is 27.2 Å².